The number of rotatable bonds is 14. The second-order valence-corrected chi connectivity index (χ2v) is 10.7. The Morgan fingerprint density at radius 1 is 0.821 bits per heavy atom. The highest BCUT2D eigenvalue weighted by Crippen LogP contribution is 2.27. The number of hydrogen-bond donors (Lipinski definition) is 0. The molecule has 0 aromatic heterocycles. The Labute approximate surface area is 231 Å². The third kappa shape index (κ3) is 9.01. The van der Waals surface area contributed by atoms with Crippen molar-refractivity contribution in [2.45, 2.75) is 53.5 Å². The minimum atomic E-state index is -0.465. The number of amides is 1. The smallest absolute Gasteiger partial charge is 0.338 e. The molecule has 1 amide bonds. The van der Waals surface area contributed by atoms with E-state index in [9.17, 15) is 14.4 Å². The molecule has 8 heteroatoms. The highest BCUT2D eigenvalue weighted by atomic mass is 16.5. The van der Waals surface area contributed by atoms with E-state index in [4.69, 9.17) is 18.9 Å². The maximum atomic E-state index is 12.9. The molecule has 2 atom stereocenters. The van der Waals surface area contributed by atoms with E-state index in [0.29, 0.717) is 60.5 Å². The van der Waals surface area contributed by atoms with Gasteiger partial charge < -0.3 is 23.8 Å². The Morgan fingerprint density at radius 3 is 1.77 bits per heavy atom. The van der Waals surface area contributed by atoms with E-state index < -0.39 is 11.9 Å². The fourth-order valence-corrected chi connectivity index (χ4v) is 4.24. The van der Waals surface area contributed by atoms with Crippen LogP contribution in [0.3, 0.4) is 0 Å². The van der Waals surface area contributed by atoms with Crippen molar-refractivity contribution in [1.82, 2.24) is 4.90 Å². The third-order valence-electron chi connectivity index (χ3n) is 6.44. The van der Waals surface area contributed by atoms with Crippen LogP contribution >= 0.6 is 0 Å². The summed E-state index contributed by atoms with van der Waals surface area (Å²) >= 11 is 0. The van der Waals surface area contributed by atoms with Crippen LogP contribution in [0.1, 0.15) is 68.2 Å². The van der Waals surface area contributed by atoms with E-state index in [1.165, 1.54) is 0 Å². The fourth-order valence-electron chi connectivity index (χ4n) is 4.24. The summed E-state index contributed by atoms with van der Waals surface area (Å²) in [7, 11) is 0. The summed E-state index contributed by atoms with van der Waals surface area (Å²) in [5.41, 5.74) is 0.835. The first-order chi connectivity index (χ1) is 18.7. The average Bonchev–Trinajstić information content (AvgIpc) is 3.23. The normalized spacial score (nSPS) is 17.0. The van der Waals surface area contributed by atoms with Crippen LogP contribution in [0.15, 0.2) is 48.5 Å². The number of carbonyl (C=O) groups is 3. The van der Waals surface area contributed by atoms with E-state index in [1.807, 2.05) is 6.92 Å². The lowest BCUT2D eigenvalue weighted by Gasteiger charge is -2.24. The molecule has 1 fully saturated rings. The first-order valence-corrected chi connectivity index (χ1v) is 13.8. The molecule has 0 aliphatic carbocycles. The second kappa shape index (κ2) is 14.6. The Bertz CT molecular complexity index is 1080. The van der Waals surface area contributed by atoms with Crippen LogP contribution in [0.4, 0.5) is 0 Å². The lowest BCUT2D eigenvalue weighted by atomic mass is 10.0. The molecular formula is C31H41NO7. The fraction of sp³-hybridized carbons (Fsp3) is 0.516. The van der Waals surface area contributed by atoms with Crippen molar-refractivity contribution >= 4 is 17.8 Å². The largest absolute Gasteiger partial charge is 0.493 e. The van der Waals surface area contributed by atoms with Crippen molar-refractivity contribution in [1.29, 1.82) is 0 Å². The van der Waals surface area contributed by atoms with Crippen molar-refractivity contribution in [2.24, 2.45) is 17.8 Å². The lowest BCUT2D eigenvalue weighted by molar-refractivity contribution is -0.133. The highest BCUT2D eigenvalue weighted by molar-refractivity contribution is 5.90. The Kier molecular flexibility index (Phi) is 11.2. The van der Waals surface area contributed by atoms with Crippen molar-refractivity contribution in [3.8, 4) is 11.5 Å². The molecule has 0 unspecified atom stereocenters. The van der Waals surface area contributed by atoms with Gasteiger partial charge in [0.05, 0.1) is 36.9 Å². The first-order valence-electron chi connectivity index (χ1n) is 13.8. The molecule has 1 heterocycles. The van der Waals surface area contributed by atoms with E-state index >= 15 is 0 Å². The Hall–Kier alpha value is -3.55. The molecule has 1 saturated heterocycles. The van der Waals surface area contributed by atoms with Crippen LogP contribution in [0.2, 0.25) is 0 Å². The summed E-state index contributed by atoms with van der Waals surface area (Å²) in [4.78, 5) is 39.7. The van der Waals surface area contributed by atoms with Gasteiger partial charge in [0.25, 0.3) is 0 Å². The van der Waals surface area contributed by atoms with Gasteiger partial charge in [0.15, 0.2) is 0 Å². The predicted molar refractivity (Wildman–Crippen MR) is 148 cm³/mol. The van der Waals surface area contributed by atoms with Gasteiger partial charge in [0, 0.05) is 5.92 Å². The molecule has 212 valence electrons. The SMILES string of the molecule is CC[C@H]1C[C@H](COC(=O)c2ccc(OCC(C)C)cc2)N(CCOC(=O)c2ccc(OCC(C)C)cc2)C1=O. The molecule has 39 heavy (non-hydrogen) atoms. The van der Waals surface area contributed by atoms with Crippen LogP contribution < -0.4 is 9.47 Å². The number of hydrogen-bond acceptors (Lipinski definition) is 7. The summed E-state index contributed by atoms with van der Waals surface area (Å²) in [6, 6.07) is 13.4. The molecule has 0 N–H and O–H groups in total. The Balaban J connectivity index is 1.50. The van der Waals surface area contributed by atoms with Gasteiger partial charge in [-0.3, -0.25) is 4.79 Å². The monoisotopic (exact) mass is 539 g/mol. The summed E-state index contributed by atoms with van der Waals surface area (Å²) in [5, 5.41) is 0. The van der Waals surface area contributed by atoms with Gasteiger partial charge in [-0.25, -0.2) is 9.59 Å². The van der Waals surface area contributed by atoms with Gasteiger partial charge >= 0.3 is 11.9 Å². The Morgan fingerprint density at radius 2 is 1.31 bits per heavy atom. The van der Waals surface area contributed by atoms with Gasteiger partial charge in [-0.05, 0) is 73.2 Å². The summed E-state index contributed by atoms with van der Waals surface area (Å²) in [6.07, 6.45) is 1.29. The zero-order valence-electron chi connectivity index (χ0n) is 23.7. The van der Waals surface area contributed by atoms with Gasteiger partial charge in [0.1, 0.15) is 24.7 Å². The van der Waals surface area contributed by atoms with Crippen LogP contribution in [0.25, 0.3) is 0 Å². The molecule has 8 nitrogen and oxygen atoms in total. The number of benzene rings is 2. The maximum Gasteiger partial charge on any atom is 0.338 e. The lowest BCUT2D eigenvalue weighted by Crippen LogP contribution is -2.39. The summed E-state index contributed by atoms with van der Waals surface area (Å²) in [6.45, 7) is 11.8. The second-order valence-electron chi connectivity index (χ2n) is 10.7. The molecule has 2 aromatic carbocycles. The van der Waals surface area contributed by atoms with E-state index in [-0.39, 0.29) is 37.6 Å². The topological polar surface area (TPSA) is 91.4 Å². The van der Waals surface area contributed by atoms with Crippen molar-refractivity contribution in [3.05, 3.63) is 59.7 Å². The third-order valence-corrected chi connectivity index (χ3v) is 6.44. The van der Waals surface area contributed by atoms with E-state index in [2.05, 4.69) is 27.7 Å². The average molecular weight is 540 g/mol. The number of nitrogens with zero attached hydrogens (tertiary/aromatic N) is 1. The van der Waals surface area contributed by atoms with Gasteiger partial charge in [-0.2, -0.15) is 0 Å². The standard InChI is InChI=1S/C31H41NO7/c1-6-23-17-26(20-39-31(35)25-9-13-28(14-10-25)38-19-22(4)5)32(29(23)33)15-16-36-30(34)24-7-11-27(12-8-24)37-18-21(2)3/h7-14,21-23,26H,6,15-20H2,1-5H3/t23-,26+/m0/s1. The van der Waals surface area contributed by atoms with Crippen LogP contribution in [0, 0.1) is 17.8 Å². The number of carbonyl (C=O) groups excluding carboxylic acids is 3. The van der Waals surface area contributed by atoms with Crippen LogP contribution in [-0.4, -0.2) is 61.8 Å². The number of esters is 2. The molecule has 1 aliphatic rings. The molecule has 0 spiro atoms. The zero-order chi connectivity index (χ0) is 28.4. The van der Waals surface area contributed by atoms with E-state index in [0.717, 1.165) is 0 Å². The molecule has 1 aliphatic heterocycles. The molecule has 0 radical (unpaired) electrons. The van der Waals surface area contributed by atoms with Gasteiger partial charge in [-0.1, -0.05) is 34.6 Å². The van der Waals surface area contributed by atoms with Crippen molar-refractivity contribution in [2.75, 3.05) is 33.0 Å². The van der Waals surface area contributed by atoms with Crippen molar-refractivity contribution in [3.63, 3.8) is 0 Å². The van der Waals surface area contributed by atoms with Crippen molar-refractivity contribution < 1.29 is 33.3 Å². The number of ether oxygens (including phenoxy) is 4. The quantitative estimate of drug-likeness (QED) is 0.297. The molecule has 2 aromatic rings. The zero-order valence-corrected chi connectivity index (χ0v) is 23.7. The predicted octanol–water partition coefficient (Wildman–Crippen LogP) is 5.40. The minimum absolute atomic E-state index is 0.00657. The molecule has 0 saturated carbocycles. The van der Waals surface area contributed by atoms with Gasteiger partial charge in [0.2, 0.25) is 5.91 Å². The molecule has 0 bridgehead atoms. The van der Waals surface area contributed by atoms with Crippen LogP contribution in [0.5, 0.6) is 11.5 Å². The highest BCUT2D eigenvalue weighted by Gasteiger charge is 2.39. The van der Waals surface area contributed by atoms with E-state index in [1.54, 1.807) is 53.4 Å². The number of likely N-dealkylation sites (tertiary alicyclic amines) is 1. The molecular weight excluding hydrogens is 498 g/mol. The van der Waals surface area contributed by atoms with Gasteiger partial charge in [-0.15, -0.1) is 0 Å². The summed E-state index contributed by atoms with van der Waals surface area (Å²) in [5.74, 6) is 1.14. The maximum absolute atomic E-state index is 12.9. The summed E-state index contributed by atoms with van der Waals surface area (Å²) < 4.78 is 22.3. The minimum Gasteiger partial charge on any atom is -0.493 e. The van der Waals surface area contributed by atoms with Crippen LogP contribution in [-0.2, 0) is 14.3 Å². The first kappa shape index (κ1) is 30.0. The molecule has 3 rings (SSSR count).